The summed E-state index contributed by atoms with van der Waals surface area (Å²) >= 11 is 1.10. The molecule has 0 aromatic heterocycles. The minimum Gasteiger partial charge on any atom is -0.506 e. The summed E-state index contributed by atoms with van der Waals surface area (Å²) < 4.78 is 54.5. The van der Waals surface area contributed by atoms with Crippen LogP contribution >= 0.6 is 24.1 Å². The number of nitrogens with two attached hydrogens (primary N) is 1. The van der Waals surface area contributed by atoms with Gasteiger partial charge in [0.05, 0.1) is 53.2 Å². The Kier molecular flexibility index (Phi) is 14.7. The van der Waals surface area contributed by atoms with E-state index in [1.807, 2.05) is 0 Å². The molecule has 21 nitrogen and oxygen atoms in total. The van der Waals surface area contributed by atoms with Gasteiger partial charge in [0.2, 0.25) is 0 Å². The normalized spacial score (nSPS) is 12.0. The molecule has 0 spiro atoms. The molecule has 65 heavy (non-hydrogen) atoms. The smallest absolute Gasteiger partial charge is 0.295 e. The summed E-state index contributed by atoms with van der Waals surface area (Å²) in [7, 11) is -3.26. The van der Waals surface area contributed by atoms with Gasteiger partial charge >= 0.3 is 0 Å². The Bertz CT molecular complexity index is 3090. The van der Waals surface area contributed by atoms with Gasteiger partial charge in [0.1, 0.15) is 39.2 Å². The minimum absolute atomic E-state index is 0.0379. The van der Waals surface area contributed by atoms with Crippen LogP contribution in [0.1, 0.15) is 5.56 Å². The molecule has 0 atom stereocenters. The van der Waals surface area contributed by atoms with Crippen molar-refractivity contribution < 1.29 is 61.9 Å². The van der Waals surface area contributed by atoms with Crippen molar-refractivity contribution in [3.63, 3.8) is 0 Å². The zero-order valence-corrected chi connectivity index (χ0v) is 36.0. The number of rotatable bonds is 18. The number of nitrogens with one attached hydrogen (secondary N) is 1. The van der Waals surface area contributed by atoms with Crippen LogP contribution in [0.3, 0.4) is 0 Å². The zero-order valence-electron chi connectivity index (χ0n) is 33.6. The van der Waals surface area contributed by atoms with Gasteiger partial charge in [-0.05, 0) is 114 Å². The quantitative estimate of drug-likeness (QED) is 0.00800. The predicted molar refractivity (Wildman–Crippen MR) is 239 cm³/mol. The number of nitrogens with zero attached hydrogens (tertiary/aromatic N) is 6. The van der Waals surface area contributed by atoms with Gasteiger partial charge in [-0.3, -0.25) is 4.55 Å². The molecule has 7 aromatic carbocycles. The summed E-state index contributed by atoms with van der Waals surface area (Å²) in [5, 5.41) is 77.0. The molecule has 0 aliphatic heterocycles. The fourth-order valence-corrected chi connectivity index (χ4v) is 7.85. The molecule has 8 N–H and O–H groups in total. The van der Waals surface area contributed by atoms with E-state index in [1.54, 1.807) is 91.9 Å². The standard InChI is InChI=1S/C41H34N8O13S3/c1-22-13-35(48-49-40-38(64-62-60-53)16-24-14-26(7-11-31(24)41(40)51)43-21-58-29-9-4-25(42)5-10-29)36(50)20-34(22)47-45-28-8-12-33(37(18-28)57-2)46-44-27-6-3-23-15-30(63-61-59-52)19-39(32(23)17-27)65(54,55)56/h3-20,43,50-53H,21,42H2,1-2H3,(H,54,55,56). The molecule has 0 saturated carbocycles. The molecule has 0 bridgehead atoms. The van der Waals surface area contributed by atoms with E-state index in [4.69, 9.17) is 25.7 Å². The molecular formula is C41H34N8O13S3. The number of anilines is 2. The van der Waals surface area contributed by atoms with E-state index in [9.17, 15) is 23.2 Å². The van der Waals surface area contributed by atoms with Crippen LogP contribution in [-0.2, 0) is 28.9 Å². The van der Waals surface area contributed by atoms with Gasteiger partial charge in [-0.2, -0.15) is 23.8 Å². The van der Waals surface area contributed by atoms with Crippen LogP contribution in [0.4, 0.5) is 45.5 Å². The van der Waals surface area contributed by atoms with Crippen LogP contribution < -0.4 is 20.5 Å². The molecule has 0 aliphatic rings. The Morgan fingerprint density at radius 3 is 2.14 bits per heavy atom. The lowest BCUT2D eigenvalue weighted by Gasteiger charge is -2.12. The van der Waals surface area contributed by atoms with E-state index in [0.717, 1.165) is 6.07 Å². The van der Waals surface area contributed by atoms with E-state index in [0.29, 0.717) is 80.0 Å². The van der Waals surface area contributed by atoms with Crippen LogP contribution in [0.2, 0.25) is 0 Å². The average molecular weight is 943 g/mol. The molecular weight excluding hydrogens is 909 g/mol. The van der Waals surface area contributed by atoms with Crippen molar-refractivity contribution >= 4 is 101 Å². The number of aryl methyl sites for hydroxylation is 1. The highest BCUT2D eigenvalue weighted by atomic mass is 32.2. The number of methoxy groups -OCH3 is 1. The largest absolute Gasteiger partial charge is 0.506 e. The van der Waals surface area contributed by atoms with Crippen molar-refractivity contribution in [3.05, 3.63) is 115 Å². The highest BCUT2D eigenvalue weighted by Crippen LogP contribution is 2.46. The Hall–Kier alpha value is -6.97. The maximum atomic E-state index is 12.2. The van der Waals surface area contributed by atoms with E-state index in [1.165, 1.54) is 25.3 Å². The van der Waals surface area contributed by atoms with E-state index >= 15 is 0 Å². The van der Waals surface area contributed by atoms with Crippen LogP contribution in [0.5, 0.6) is 23.0 Å². The molecule has 7 aromatic rings. The molecule has 0 amide bonds. The monoisotopic (exact) mass is 942 g/mol. The highest BCUT2D eigenvalue weighted by molar-refractivity contribution is 7.95. The van der Waals surface area contributed by atoms with E-state index in [-0.39, 0.29) is 56.2 Å². The van der Waals surface area contributed by atoms with Crippen molar-refractivity contribution in [1.82, 2.24) is 0 Å². The molecule has 0 aliphatic carbocycles. The fourth-order valence-electron chi connectivity index (χ4n) is 6.10. The topological polar surface area (TPSA) is 303 Å². The summed E-state index contributed by atoms with van der Waals surface area (Å²) in [6.45, 7) is 1.86. The number of ether oxygens (including phenoxy) is 2. The van der Waals surface area contributed by atoms with Crippen molar-refractivity contribution in [3.8, 4) is 23.0 Å². The molecule has 0 fully saturated rings. The van der Waals surface area contributed by atoms with Gasteiger partial charge < -0.3 is 30.7 Å². The summed E-state index contributed by atoms with van der Waals surface area (Å²) in [5.41, 5.74) is 8.79. The van der Waals surface area contributed by atoms with Crippen LogP contribution in [0.25, 0.3) is 21.5 Å². The lowest BCUT2D eigenvalue weighted by molar-refractivity contribution is -0.432. The molecule has 0 radical (unpaired) electrons. The SMILES string of the molecule is COc1cc(N=Nc2cc(O)c(N=Nc3c(SOOO)cc4cc(NCOc5ccc(N)cc5)ccc4c3O)cc2C)ccc1N=Nc1ccc2cc(SOOO)cc(S(=O)(=O)O)c2c1. The number of benzene rings is 7. The van der Waals surface area contributed by atoms with Crippen LogP contribution in [0.15, 0.2) is 155 Å². The van der Waals surface area contributed by atoms with Gasteiger partial charge in [-0.15, -0.1) is 24.0 Å². The van der Waals surface area contributed by atoms with E-state index < -0.39 is 15.0 Å². The number of hydrogen-bond acceptors (Lipinski definition) is 22. The first-order chi connectivity index (χ1) is 31.3. The summed E-state index contributed by atoms with van der Waals surface area (Å²) in [6, 6.07) is 28.6. The van der Waals surface area contributed by atoms with Crippen molar-refractivity contribution in [2.45, 2.75) is 21.6 Å². The first-order valence-electron chi connectivity index (χ1n) is 18.5. The van der Waals surface area contributed by atoms with Gasteiger partial charge in [0.15, 0.2) is 12.5 Å². The predicted octanol–water partition coefficient (Wildman–Crippen LogP) is 12.1. The second kappa shape index (κ2) is 20.7. The second-order valence-electron chi connectivity index (χ2n) is 13.4. The number of hydrogen-bond donors (Lipinski definition) is 7. The van der Waals surface area contributed by atoms with Crippen molar-refractivity contribution in [2.75, 3.05) is 24.9 Å². The maximum Gasteiger partial charge on any atom is 0.295 e. The number of phenols is 2. The molecule has 0 heterocycles. The molecule has 0 saturated heterocycles. The van der Waals surface area contributed by atoms with Gasteiger partial charge in [-0.25, -0.2) is 10.5 Å². The highest BCUT2D eigenvalue weighted by Gasteiger charge is 2.19. The zero-order chi connectivity index (χ0) is 46.1. The van der Waals surface area contributed by atoms with Gasteiger partial charge in [-0.1, -0.05) is 16.1 Å². The fraction of sp³-hybridized carbons (Fsp3) is 0.0732. The third-order valence-electron chi connectivity index (χ3n) is 9.17. The lowest BCUT2D eigenvalue weighted by atomic mass is 10.1. The number of phenolic OH excluding ortho intramolecular Hbond substituents is 2. The first kappa shape index (κ1) is 46.0. The molecule has 24 heteroatoms. The number of aromatic hydroxyl groups is 2. The lowest BCUT2D eigenvalue weighted by Crippen LogP contribution is -2.08. The molecule has 7 rings (SSSR count). The van der Waals surface area contributed by atoms with Crippen molar-refractivity contribution in [2.24, 2.45) is 30.7 Å². The number of azo groups is 3. The summed E-state index contributed by atoms with van der Waals surface area (Å²) in [4.78, 5) is 0.0120. The summed E-state index contributed by atoms with van der Waals surface area (Å²) in [5.74, 6) is 0.334. The third kappa shape index (κ3) is 11.4. The number of nitrogen functional groups attached to an aromatic ring is 1. The molecule has 0 unspecified atom stereocenters. The maximum absolute atomic E-state index is 12.2. The Morgan fingerprint density at radius 1 is 0.692 bits per heavy atom. The Morgan fingerprint density at radius 2 is 1.40 bits per heavy atom. The third-order valence-corrected chi connectivity index (χ3v) is 11.2. The van der Waals surface area contributed by atoms with E-state index in [2.05, 4.69) is 54.7 Å². The second-order valence-corrected chi connectivity index (χ2v) is 16.3. The van der Waals surface area contributed by atoms with Gasteiger partial charge in [0.25, 0.3) is 10.1 Å². The van der Waals surface area contributed by atoms with Gasteiger partial charge in [0, 0.05) is 39.2 Å². The Balaban J connectivity index is 1.07. The molecule has 334 valence electrons. The number of fused-ring (bicyclic) bond motifs is 2. The summed E-state index contributed by atoms with van der Waals surface area (Å²) in [6.07, 6.45) is 0. The minimum atomic E-state index is -4.68. The average Bonchev–Trinajstić information content (AvgIpc) is 3.29. The van der Waals surface area contributed by atoms with Crippen molar-refractivity contribution in [1.29, 1.82) is 0 Å². The Labute approximate surface area is 376 Å². The van der Waals surface area contributed by atoms with Crippen LogP contribution in [-0.4, -0.2) is 47.5 Å². The first-order valence-corrected chi connectivity index (χ1v) is 21.4. The van der Waals surface area contributed by atoms with Crippen LogP contribution in [0, 0.1) is 6.92 Å².